The number of halogens is 1. The van der Waals surface area contributed by atoms with Crippen molar-refractivity contribution >= 4 is 29.3 Å². The van der Waals surface area contributed by atoms with Crippen molar-refractivity contribution < 1.29 is 9.53 Å². The molecule has 0 heterocycles. The first-order valence-electron chi connectivity index (χ1n) is 10.4. The fourth-order valence-corrected chi connectivity index (χ4v) is 3.62. The van der Waals surface area contributed by atoms with Crippen LogP contribution in [-0.4, -0.2) is 5.91 Å². The van der Waals surface area contributed by atoms with Gasteiger partial charge in [0.1, 0.15) is 24.0 Å². The summed E-state index contributed by atoms with van der Waals surface area (Å²) in [7, 11) is 0. The van der Waals surface area contributed by atoms with Gasteiger partial charge in [0.25, 0.3) is 5.91 Å². The minimum absolute atomic E-state index is 0.00969. The van der Waals surface area contributed by atoms with E-state index in [0.29, 0.717) is 28.6 Å². The summed E-state index contributed by atoms with van der Waals surface area (Å²) in [6.45, 7) is 6.57. The lowest BCUT2D eigenvalue weighted by Gasteiger charge is -2.10. The number of nitrogens with zero attached hydrogens (tertiary/aromatic N) is 1. The summed E-state index contributed by atoms with van der Waals surface area (Å²) in [6.07, 6.45) is 2.43. The molecule has 0 spiro atoms. The predicted molar refractivity (Wildman–Crippen MR) is 130 cm³/mol. The van der Waals surface area contributed by atoms with E-state index in [1.807, 2.05) is 44.2 Å². The van der Waals surface area contributed by atoms with Crippen LogP contribution < -0.4 is 10.1 Å². The highest BCUT2D eigenvalue weighted by Gasteiger charge is 2.11. The molecule has 4 nitrogen and oxygen atoms in total. The van der Waals surface area contributed by atoms with Crippen molar-refractivity contribution in [3.8, 4) is 11.8 Å². The van der Waals surface area contributed by atoms with Crippen LogP contribution in [0.1, 0.15) is 34.7 Å². The van der Waals surface area contributed by atoms with Crippen molar-refractivity contribution in [1.29, 1.82) is 5.26 Å². The van der Waals surface area contributed by atoms with Gasteiger partial charge in [-0.3, -0.25) is 4.79 Å². The summed E-state index contributed by atoms with van der Waals surface area (Å²) in [4.78, 5) is 12.5. The molecule has 0 bridgehead atoms. The normalized spacial score (nSPS) is 11.0. The summed E-state index contributed by atoms with van der Waals surface area (Å²) in [5.41, 5.74) is 5.87. The number of hydrogen-bond acceptors (Lipinski definition) is 3. The number of nitriles is 1. The van der Waals surface area contributed by atoms with Crippen molar-refractivity contribution in [2.24, 2.45) is 0 Å². The monoisotopic (exact) mass is 444 g/mol. The van der Waals surface area contributed by atoms with Crippen molar-refractivity contribution in [1.82, 2.24) is 0 Å². The third-order valence-corrected chi connectivity index (χ3v) is 5.22. The molecule has 0 aliphatic rings. The number of amides is 1. The minimum Gasteiger partial charge on any atom is -0.487 e. The lowest BCUT2D eigenvalue weighted by Crippen LogP contribution is -2.13. The zero-order chi connectivity index (χ0) is 23.1. The van der Waals surface area contributed by atoms with E-state index in [4.69, 9.17) is 16.3 Å². The van der Waals surface area contributed by atoms with Crippen LogP contribution in [0.15, 0.2) is 66.2 Å². The third-order valence-electron chi connectivity index (χ3n) is 4.93. The van der Waals surface area contributed by atoms with Crippen molar-refractivity contribution in [3.63, 3.8) is 0 Å². The Balaban J connectivity index is 1.70. The molecule has 1 N–H and O–H groups in total. The van der Waals surface area contributed by atoms with Crippen LogP contribution in [0.5, 0.6) is 5.75 Å². The molecule has 162 valence electrons. The zero-order valence-corrected chi connectivity index (χ0v) is 19.2. The number of ether oxygens (including phenoxy) is 1. The van der Waals surface area contributed by atoms with E-state index in [1.54, 1.807) is 18.2 Å². The van der Waals surface area contributed by atoms with Gasteiger partial charge in [-0.05, 0) is 67.3 Å². The molecule has 0 saturated carbocycles. The lowest BCUT2D eigenvalue weighted by atomic mass is 10.1. The molecule has 3 rings (SSSR count). The summed E-state index contributed by atoms with van der Waals surface area (Å²) < 4.78 is 5.87. The van der Waals surface area contributed by atoms with Crippen LogP contribution in [0.3, 0.4) is 0 Å². The number of carbonyl (C=O) groups is 1. The van der Waals surface area contributed by atoms with E-state index in [1.165, 1.54) is 22.8 Å². The highest BCUT2D eigenvalue weighted by molar-refractivity contribution is 6.32. The van der Waals surface area contributed by atoms with Crippen molar-refractivity contribution in [3.05, 3.63) is 99.1 Å². The van der Waals surface area contributed by atoms with E-state index in [-0.39, 0.29) is 5.57 Å². The zero-order valence-electron chi connectivity index (χ0n) is 18.4. The van der Waals surface area contributed by atoms with E-state index < -0.39 is 5.91 Å². The maximum Gasteiger partial charge on any atom is 0.266 e. The van der Waals surface area contributed by atoms with Gasteiger partial charge >= 0.3 is 0 Å². The highest BCUT2D eigenvalue weighted by atomic mass is 35.5. The molecular formula is C27H25ClN2O2. The number of aryl methyl sites for hydroxylation is 3. The Bertz CT molecular complexity index is 1170. The highest BCUT2D eigenvalue weighted by Crippen LogP contribution is 2.27. The summed E-state index contributed by atoms with van der Waals surface area (Å²) >= 11 is 6.38. The predicted octanol–water partition coefficient (Wildman–Crippen LogP) is 6.64. The SMILES string of the molecule is CCc1ccc(NC(=O)/C(C#N)=C/c2ccc(OCc3cc(C)cc(C)c3)c(Cl)c2)cc1. The van der Waals surface area contributed by atoms with Gasteiger partial charge < -0.3 is 10.1 Å². The second-order valence-corrected chi connectivity index (χ2v) is 8.06. The molecule has 0 aliphatic heterocycles. The van der Waals surface area contributed by atoms with Crippen molar-refractivity contribution in [2.75, 3.05) is 5.32 Å². The first-order valence-corrected chi connectivity index (χ1v) is 10.8. The van der Waals surface area contributed by atoms with Gasteiger partial charge in [-0.2, -0.15) is 5.26 Å². The van der Waals surface area contributed by atoms with E-state index in [2.05, 4.69) is 30.4 Å². The lowest BCUT2D eigenvalue weighted by molar-refractivity contribution is -0.112. The molecule has 3 aromatic carbocycles. The second kappa shape index (κ2) is 10.7. The van der Waals surface area contributed by atoms with Gasteiger partial charge in [0, 0.05) is 5.69 Å². The van der Waals surface area contributed by atoms with Gasteiger partial charge in [-0.15, -0.1) is 0 Å². The van der Waals surface area contributed by atoms with E-state index >= 15 is 0 Å². The minimum atomic E-state index is -0.469. The Morgan fingerprint density at radius 1 is 1.03 bits per heavy atom. The van der Waals surface area contributed by atoms with Crippen LogP contribution in [0.25, 0.3) is 6.08 Å². The number of anilines is 1. The maximum atomic E-state index is 12.5. The molecule has 5 heteroatoms. The van der Waals surface area contributed by atoms with Gasteiger partial charge in [0.15, 0.2) is 0 Å². The molecule has 1 amide bonds. The van der Waals surface area contributed by atoms with Crippen LogP contribution in [0.2, 0.25) is 5.02 Å². The molecule has 0 atom stereocenters. The Kier molecular flexibility index (Phi) is 7.70. The molecular weight excluding hydrogens is 420 g/mol. The molecule has 0 fully saturated rings. The standard InChI is InChI=1S/C27H25ClN2O2/c1-4-20-5-8-24(9-6-20)30-27(31)23(16-29)14-21-7-10-26(25(28)15-21)32-17-22-12-18(2)11-19(3)13-22/h5-15H,4,17H2,1-3H3,(H,30,31)/b23-14+. The summed E-state index contributed by atoms with van der Waals surface area (Å²) in [5.74, 6) is 0.0740. The van der Waals surface area contributed by atoms with Gasteiger partial charge in [-0.1, -0.05) is 66.0 Å². The molecule has 0 saturated heterocycles. The Labute approximate surface area is 194 Å². The van der Waals surface area contributed by atoms with Gasteiger partial charge in [0.05, 0.1) is 5.02 Å². The topological polar surface area (TPSA) is 62.1 Å². The summed E-state index contributed by atoms with van der Waals surface area (Å²) in [6, 6.07) is 21.0. The number of benzene rings is 3. The Morgan fingerprint density at radius 3 is 2.31 bits per heavy atom. The first kappa shape index (κ1) is 23.1. The maximum absolute atomic E-state index is 12.5. The quantitative estimate of drug-likeness (QED) is 0.328. The van der Waals surface area contributed by atoms with Crippen LogP contribution in [-0.2, 0) is 17.8 Å². The van der Waals surface area contributed by atoms with E-state index in [9.17, 15) is 10.1 Å². The molecule has 3 aromatic rings. The fourth-order valence-electron chi connectivity index (χ4n) is 3.37. The van der Waals surface area contributed by atoms with Crippen LogP contribution >= 0.6 is 11.6 Å². The number of carbonyl (C=O) groups excluding carboxylic acids is 1. The third kappa shape index (κ3) is 6.23. The van der Waals surface area contributed by atoms with Crippen LogP contribution in [0.4, 0.5) is 5.69 Å². The van der Waals surface area contributed by atoms with Crippen LogP contribution in [0, 0.1) is 25.2 Å². The molecule has 32 heavy (non-hydrogen) atoms. The largest absolute Gasteiger partial charge is 0.487 e. The number of nitrogens with one attached hydrogen (secondary N) is 1. The van der Waals surface area contributed by atoms with Gasteiger partial charge in [-0.25, -0.2) is 0 Å². The molecule has 0 radical (unpaired) electrons. The smallest absolute Gasteiger partial charge is 0.266 e. The average Bonchev–Trinajstić information content (AvgIpc) is 2.76. The fraction of sp³-hybridized carbons (Fsp3) is 0.185. The molecule has 0 unspecified atom stereocenters. The number of rotatable bonds is 7. The van der Waals surface area contributed by atoms with Crippen molar-refractivity contribution in [2.45, 2.75) is 33.8 Å². The summed E-state index contributed by atoms with van der Waals surface area (Å²) in [5, 5.41) is 12.6. The Hall–Kier alpha value is -3.55. The molecule has 0 aliphatic carbocycles. The number of hydrogen-bond donors (Lipinski definition) is 1. The Morgan fingerprint density at radius 2 is 1.72 bits per heavy atom. The van der Waals surface area contributed by atoms with E-state index in [0.717, 1.165) is 12.0 Å². The second-order valence-electron chi connectivity index (χ2n) is 7.65. The average molecular weight is 445 g/mol. The van der Waals surface area contributed by atoms with Gasteiger partial charge in [0.2, 0.25) is 0 Å². The molecule has 0 aromatic heterocycles. The first-order chi connectivity index (χ1) is 15.4.